The van der Waals surface area contributed by atoms with Gasteiger partial charge in [0.15, 0.2) is 29.4 Å². The lowest BCUT2D eigenvalue weighted by Crippen LogP contribution is -2.71. The molecule has 0 spiro atoms. The van der Waals surface area contributed by atoms with E-state index in [2.05, 4.69) is 5.32 Å². The molecule has 4 aliphatic carbocycles. The number of nitrogens with one attached hydrogen (secondary N) is 1. The zero-order valence-corrected chi connectivity index (χ0v) is 36.3. The number of ketones is 2. The minimum Gasteiger partial charge on any atom is -0.461 e. The number of carbonyl (C=O) groups excluding carboxylic acids is 5. The predicted octanol–water partition coefficient (Wildman–Crippen LogP) is 6.84. The summed E-state index contributed by atoms with van der Waals surface area (Å²) >= 11 is 0. The number of anilines is 1. The number of benzene rings is 3. The molecule has 0 radical (unpaired) electrons. The molecule has 1 saturated heterocycles. The number of alkyl halides is 2. The van der Waals surface area contributed by atoms with Crippen LogP contribution in [0.15, 0.2) is 90.5 Å². The van der Waals surface area contributed by atoms with Crippen molar-refractivity contribution in [2.24, 2.45) is 22.7 Å². The monoisotopic (exact) mass is 868 g/mol. The Labute approximate surface area is 365 Å². The van der Waals surface area contributed by atoms with Gasteiger partial charge in [0.1, 0.15) is 18.8 Å². The van der Waals surface area contributed by atoms with Gasteiger partial charge >= 0.3 is 11.9 Å². The summed E-state index contributed by atoms with van der Waals surface area (Å²) in [5, 5.41) is 16.9. The Morgan fingerprint density at radius 1 is 0.921 bits per heavy atom. The van der Waals surface area contributed by atoms with Gasteiger partial charge in [0.25, 0.3) is 0 Å². The molecule has 5 aliphatic rings. The molecular weight excluding hydrogens is 815 g/mol. The van der Waals surface area contributed by atoms with Crippen LogP contribution in [-0.2, 0) is 49.5 Å². The number of Topliss-reactive ketones (excluding diaryl/α,β-unsaturated/α-hetero) is 1. The van der Waals surface area contributed by atoms with Crippen LogP contribution >= 0.6 is 0 Å². The van der Waals surface area contributed by atoms with Crippen molar-refractivity contribution < 1.29 is 56.8 Å². The number of esters is 2. The second-order valence-electron chi connectivity index (χ2n) is 18.8. The van der Waals surface area contributed by atoms with Crippen LogP contribution in [0.3, 0.4) is 0 Å². The van der Waals surface area contributed by atoms with Gasteiger partial charge in [0.2, 0.25) is 11.7 Å². The van der Waals surface area contributed by atoms with Crippen molar-refractivity contribution in [3.05, 3.63) is 102 Å². The summed E-state index contributed by atoms with van der Waals surface area (Å²) in [5.74, 6) is -5.83. The van der Waals surface area contributed by atoms with Gasteiger partial charge in [-0.05, 0) is 112 Å². The lowest BCUT2D eigenvalue weighted by atomic mass is 9.44. The van der Waals surface area contributed by atoms with Gasteiger partial charge in [-0.2, -0.15) is 0 Å². The number of allylic oxidation sites excluding steroid dienone is 4. The Morgan fingerprint density at radius 2 is 1.60 bits per heavy atom. The van der Waals surface area contributed by atoms with E-state index < -0.39 is 94.3 Å². The van der Waals surface area contributed by atoms with Crippen molar-refractivity contribution in [1.82, 2.24) is 4.90 Å². The Morgan fingerprint density at radius 3 is 2.30 bits per heavy atom. The molecule has 3 aromatic rings. The van der Waals surface area contributed by atoms with Gasteiger partial charge in [-0.1, -0.05) is 67.6 Å². The number of rotatable bonds is 12. The van der Waals surface area contributed by atoms with Gasteiger partial charge in [-0.15, -0.1) is 0 Å². The van der Waals surface area contributed by atoms with E-state index in [1.807, 2.05) is 56.6 Å². The molecule has 12 nitrogen and oxygen atoms in total. The van der Waals surface area contributed by atoms with E-state index in [1.54, 1.807) is 49.9 Å². The van der Waals surface area contributed by atoms with Gasteiger partial charge in [0, 0.05) is 22.4 Å². The fourth-order valence-electron chi connectivity index (χ4n) is 11.5. The predicted molar refractivity (Wildman–Crippen MR) is 227 cm³/mol. The minimum absolute atomic E-state index is 0.00614. The fourth-order valence-corrected chi connectivity index (χ4v) is 11.5. The number of aliphatic hydroxyl groups excluding tert-OH is 1. The molecule has 14 heteroatoms. The third-order valence-corrected chi connectivity index (χ3v) is 14.4. The van der Waals surface area contributed by atoms with E-state index in [4.69, 9.17) is 18.9 Å². The maximum absolute atomic E-state index is 17.7. The van der Waals surface area contributed by atoms with E-state index >= 15 is 8.78 Å². The summed E-state index contributed by atoms with van der Waals surface area (Å²) in [4.78, 5) is 67.5. The van der Waals surface area contributed by atoms with Crippen LogP contribution in [0.25, 0.3) is 10.8 Å². The summed E-state index contributed by atoms with van der Waals surface area (Å²) in [5.41, 5.74) is -4.93. The molecule has 3 saturated carbocycles. The Hall–Kier alpha value is -5.15. The molecule has 3 aromatic carbocycles. The second-order valence-corrected chi connectivity index (χ2v) is 18.8. The van der Waals surface area contributed by atoms with Crippen molar-refractivity contribution in [2.75, 3.05) is 26.0 Å². The van der Waals surface area contributed by atoms with E-state index in [0.29, 0.717) is 11.3 Å². The highest BCUT2D eigenvalue weighted by Gasteiger charge is 2.80. The van der Waals surface area contributed by atoms with Crippen LogP contribution in [-0.4, -0.2) is 95.6 Å². The first-order valence-electron chi connectivity index (χ1n) is 21.5. The van der Waals surface area contributed by atoms with Gasteiger partial charge in [-0.25, -0.2) is 8.78 Å². The van der Waals surface area contributed by atoms with Crippen LogP contribution in [0.5, 0.6) is 0 Å². The van der Waals surface area contributed by atoms with Gasteiger partial charge < -0.3 is 29.4 Å². The second kappa shape index (κ2) is 16.1. The van der Waals surface area contributed by atoms with Crippen molar-refractivity contribution in [3.8, 4) is 0 Å². The van der Waals surface area contributed by atoms with Crippen LogP contribution in [0.2, 0.25) is 0 Å². The zero-order valence-electron chi connectivity index (χ0n) is 36.3. The first-order chi connectivity index (χ1) is 29.7. The normalized spacial score (nSPS) is 33.1. The average molecular weight is 869 g/mol. The molecule has 1 heterocycles. The highest BCUT2D eigenvalue weighted by Crippen LogP contribution is 2.72. The molecule has 10 atom stereocenters. The highest BCUT2D eigenvalue weighted by atomic mass is 19.1. The Balaban J connectivity index is 0.865. The highest BCUT2D eigenvalue weighted by molar-refractivity contribution is 6.01. The van der Waals surface area contributed by atoms with E-state index in [1.165, 1.54) is 19.1 Å². The number of nitrogens with zero attached hydrogens (tertiary/aromatic N) is 1. The number of hydrogen-bond donors (Lipinski definition) is 2. The number of amides is 1. The summed E-state index contributed by atoms with van der Waals surface area (Å²) < 4.78 is 57.2. The third-order valence-electron chi connectivity index (χ3n) is 14.4. The molecule has 1 aliphatic heterocycles. The lowest BCUT2D eigenvalue weighted by molar-refractivity contribution is -0.249. The molecular formula is C49H54F2N2O10. The summed E-state index contributed by atoms with van der Waals surface area (Å²) in [7, 11) is 3.62. The quantitative estimate of drug-likeness (QED) is 0.184. The molecule has 8 rings (SSSR count). The lowest BCUT2D eigenvalue weighted by Gasteiger charge is -2.63. The standard InChI is InChI=1S/C49H54F2N2O10/c1-45(2)62-40-24-34-35-23-37(50)36-22-33(54)19-20-46(36,3)48(35,51)38(55)25-47(34,4)49(40,63-45)39(56)27-61-42(58)18-17-41(57)60-26-28-11-13-30(14-12-28)43(53(5)6)44(59)52-32-16-15-29-9-7-8-10-31(29)21-32/h7-16,19-22,34-35,37-38,40,43,55H,17-18,23-27H2,1-6H3,(H,52,59)/t34-,35-,37-,38-,40+,43?,46-,47-,48-,49+/m0/s1. The van der Waals surface area contributed by atoms with E-state index in [-0.39, 0.29) is 50.2 Å². The molecule has 334 valence electrons. The number of hydrogen-bond acceptors (Lipinski definition) is 11. The first kappa shape index (κ1) is 44.5. The smallest absolute Gasteiger partial charge is 0.306 e. The zero-order chi connectivity index (χ0) is 45.3. The number of fused-ring (bicyclic) bond motifs is 8. The van der Waals surface area contributed by atoms with Gasteiger partial charge in [-0.3, -0.25) is 28.9 Å². The molecule has 1 amide bonds. The average Bonchev–Trinajstić information content (AvgIpc) is 3.65. The molecule has 2 N–H and O–H groups in total. The fraction of sp³-hybridized carbons (Fsp3) is 0.490. The van der Waals surface area contributed by atoms with Crippen molar-refractivity contribution in [1.29, 1.82) is 0 Å². The number of likely N-dealkylation sites (N-methyl/N-ethyl adjacent to an activating group) is 1. The van der Waals surface area contributed by atoms with Crippen LogP contribution in [0.1, 0.15) is 77.0 Å². The molecule has 0 bridgehead atoms. The minimum atomic E-state index is -2.36. The number of aliphatic hydroxyl groups is 1. The van der Waals surface area contributed by atoms with E-state index in [9.17, 15) is 29.1 Å². The molecule has 4 fully saturated rings. The Bertz CT molecular complexity index is 2420. The van der Waals surface area contributed by atoms with E-state index in [0.717, 1.165) is 22.4 Å². The van der Waals surface area contributed by atoms with Gasteiger partial charge in [0.05, 0.1) is 25.0 Å². The molecule has 0 aromatic heterocycles. The maximum atomic E-state index is 17.7. The number of ether oxygens (including phenoxy) is 4. The van der Waals surface area contributed by atoms with Crippen molar-refractivity contribution in [3.63, 3.8) is 0 Å². The maximum Gasteiger partial charge on any atom is 0.306 e. The van der Waals surface area contributed by atoms with Crippen molar-refractivity contribution in [2.45, 2.75) is 108 Å². The third kappa shape index (κ3) is 7.42. The first-order valence-corrected chi connectivity index (χ1v) is 21.5. The number of halogens is 2. The summed E-state index contributed by atoms with van der Waals surface area (Å²) in [6.07, 6.45) is -1.70. The SMILES string of the molecule is CN(C)C(C(=O)Nc1ccc2ccccc2c1)c1ccc(COC(=O)CCC(=O)OCC(=O)[C@@]23OC(C)(C)O[C@@H]2C[C@H]2[C@@H]4C[C@H](F)C5=CC(=O)C=C[C@]5(C)[C@@]4(F)[C@@H](O)C[C@@]23C)cc1. The van der Waals surface area contributed by atoms with Crippen LogP contribution in [0, 0.1) is 22.7 Å². The largest absolute Gasteiger partial charge is 0.461 e. The topological polar surface area (TPSA) is 158 Å². The summed E-state index contributed by atoms with van der Waals surface area (Å²) in [6, 6.07) is 20.1. The molecule has 63 heavy (non-hydrogen) atoms. The summed E-state index contributed by atoms with van der Waals surface area (Å²) in [6.45, 7) is 5.68. The van der Waals surface area contributed by atoms with Crippen LogP contribution < -0.4 is 5.32 Å². The molecule has 1 unspecified atom stereocenters. The number of carbonyl (C=O) groups is 5. The van der Waals surface area contributed by atoms with Crippen LogP contribution in [0.4, 0.5) is 14.5 Å². The Kier molecular flexibility index (Phi) is 11.4. The van der Waals surface area contributed by atoms with Crippen molar-refractivity contribution >= 4 is 45.9 Å².